The van der Waals surface area contributed by atoms with E-state index in [0.717, 1.165) is 0 Å². The van der Waals surface area contributed by atoms with Crippen LogP contribution in [0.4, 0.5) is 5.69 Å². The minimum Gasteiger partial charge on any atom is -0.462 e. The van der Waals surface area contributed by atoms with Crippen molar-refractivity contribution in [3.05, 3.63) is 46.3 Å². The molecule has 1 heterocycles. The molecule has 0 aliphatic carbocycles. The molecule has 0 fully saturated rings. The zero-order valence-corrected chi connectivity index (χ0v) is 12.7. The molecule has 2 rings (SSSR count). The van der Waals surface area contributed by atoms with Crippen LogP contribution in [0.15, 0.2) is 44.1 Å². The summed E-state index contributed by atoms with van der Waals surface area (Å²) in [5, 5.41) is 17.0. The monoisotopic (exact) mass is 360 g/mol. The van der Waals surface area contributed by atoms with E-state index in [1.165, 1.54) is 12.1 Å². The number of benzene rings is 1. The molecule has 8 heteroatoms. The van der Waals surface area contributed by atoms with Crippen molar-refractivity contribution in [1.29, 1.82) is 0 Å². The number of anilines is 1. The molecule has 0 unspecified atom stereocenters. The molecule has 20 heavy (non-hydrogen) atoms. The second-order valence-corrected chi connectivity index (χ2v) is 6.48. The number of rotatable bonds is 5. The van der Waals surface area contributed by atoms with Crippen LogP contribution in [0.3, 0.4) is 0 Å². The third-order valence-corrected chi connectivity index (χ3v) is 4.16. The van der Waals surface area contributed by atoms with Crippen LogP contribution in [-0.2, 0) is 23.2 Å². The van der Waals surface area contributed by atoms with Crippen LogP contribution in [0.25, 0.3) is 0 Å². The van der Waals surface area contributed by atoms with Crippen molar-refractivity contribution in [2.75, 3.05) is 5.32 Å². The van der Waals surface area contributed by atoms with Gasteiger partial charge in [-0.25, -0.2) is 13.6 Å². The second kappa shape index (κ2) is 5.96. The van der Waals surface area contributed by atoms with Crippen molar-refractivity contribution in [3.63, 3.8) is 0 Å². The van der Waals surface area contributed by atoms with Gasteiger partial charge in [0.2, 0.25) is 10.0 Å². The number of hydrogen-bond donors (Lipinski definition) is 3. The number of aliphatic hydroxyl groups excluding tert-OH is 1. The van der Waals surface area contributed by atoms with Gasteiger partial charge in [-0.2, -0.15) is 0 Å². The molecule has 0 aliphatic rings. The topological polar surface area (TPSA) is 106 Å². The normalized spacial score (nSPS) is 11.6. The first-order chi connectivity index (χ1) is 9.40. The minimum absolute atomic E-state index is 0.0375. The van der Waals surface area contributed by atoms with Crippen LogP contribution < -0.4 is 10.5 Å². The Morgan fingerprint density at radius 3 is 2.50 bits per heavy atom. The van der Waals surface area contributed by atoms with Gasteiger partial charge in [-0.3, -0.25) is 0 Å². The maximum atomic E-state index is 11.2. The molecule has 0 radical (unpaired) electrons. The van der Waals surface area contributed by atoms with Crippen LogP contribution in [-0.4, -0.2) is 13.5 Å². The van der Waals surface area contributed by atoms with Crippen molar-refractivity contribution in [1.82, 2.24) is 0 Å². The van der Waals surface area contributed by atoms with E-state index in [2.05, 4.69) is 21.2 Å². The van der Waals surface area contributed by atoms with Crippen LogP contribution in [0.2, 0.25) is 0 Å². The van der Waals surface area contributed by atoms with Crippen molar-refractivity contribution in [2.24, 2.45) is 5.14 Å². The molecule has 0 amide bonds. The van der Waals surface area contributed by atoms with Gasteiger partial charge in [0.05, 0.1) is 11.4 Å². The van der Waals surface area contributed by atoms with Crippen molar-refractivity contribution < 1.29 is 17.9 Å². The average Bonchev–Trinajstić information content (AvgIpc) is 2.84. The molecule has 2 aromatic rings. The number of sulfonamides is 1. The Morgan fingerprint density at radius 1 is 1.25 bits per heavy atom. The molecule has 0 saturated heterocycles. The van der Waals surface area contributed by atoms with Crippen molar-refractivity contribution >= 4 is 31.6 Å². The molecule has 108 valence electrons. The number of halogens is 1. The number of primary sulfonamides is 1. The van der Waals surface area contributed by atoms with E-state index in [-0.39, 0.29) is 11.5 Å². The Kier molecular flexibility index (Phi) is 4.48. The van der Waals surface area contributed by atoms with E-state index < -0.39 is 10.0 Å². The van der Waals surface area contributed by atoms with Crippen LogP contribution in [0, 0.1) is 0 Å². The lowest BCUT2D eigenvalue weighted by atomic mass is 10.3. The minimum atomic E-state index is -3.71. The molecule has 4 N–H and O–H groups in total. The van der Waals surface area contributed by atoms with Crippen molar-refractivity contribution in [3.8, 4) is 0 Å². The maximum absolute atomic E-state index is 11.2. The summed E-state index contributed by atoms with van der Waals surface area (Å²) < 4.78 is 28.3. The van der Waals surface area contributed by atoms with Gasteiger partial charge in [0.15, 0.2) is 0 Å². The van der Waals surface area contributed by atoms with E-state index >= 15 is 0 Å². The largest absolute Gasteiger partial charge is 0.462 e. The summed E-state index contributed by atoms with van der Waals surface area (Å²) >= 11 is 3.28. The lowest BCUT2D eigenvalue weighted by molar-refractivity contribution is 0.244. The second-order valence-electron chi connectivity index (χ2n) is 4.07. The third-order valence-electron chi connectivity index (χ3n) is 2.60. The number of nitrogens with two attached hydrogens (primary N) is 1. The summed E-state index contributed by atoms with van der Waals surface area (Å²) in [6.07, 6.45) is 0. The fourth-order valence-electron chi connectivity index (χ4n) is 1.60. The summed E-state index contributed by atoms with van der Waals surface area (Å²) in [7, 11) is -3.71. The molecule has 6 nitrogen and oxygen atoms in total. The molecule has 0 saturated carbocycles. The molecule has 0 aliphatic heterocycles. The lowest BCUT2D eigenvalue weighted by Gasteiger charge is -2.08. The van der Waals surface area contributed by atoms with E-state index in [4.69, 9.17) is 14.7 Å². The van der Waals surface area contributed by atoms with Gasteiger partial charge in [-0.05, 0) is 46.3 Å². The molecular weight excluding hydrogens is 348 g/mol. The summed E-state index contributed by atoms with van der Waals surface area (Å²) in [4.78, 5) is 0.0375. The van der Waals surface area contributed by atoms with Gasteiger partial charge in [-0.15, -0.1) is 0 Å². The summed E-state index contributed by atoms with van der Waals surface area (Å²) in [5.74, 6) is 1.15. The van der Waals surface area contributed by atoms with Gasteiger partial charge >= 0.3 is 0 Å². The van der Waals surface area contributed by atoms with Gasteiger partial charge in [0.25, 0.3) is 0 Å². The first-order valence-corrected chi connectivity index (χ1v) is 7.99. The SMILES string of the molecule is NS(=O)(=O)c1ccc(NCc2ccc(CO)o2)c(Br)c1. The number of aliphatic hydroxyl groups is 1. The Labute approximate surface area is 124 Å². The third kappa shape index (κ3) is 3.60. The highest BCUT2D eigenvalue weighted by molar-refractivity contribution is 9.10. The Balaban J connectivity index is 2.10. The van der Waals surface area contributed by atoms with E-state index in [1.807, 2.05) is 0 Å². The van der Waals surface area contributed by atoms with Crippen LogP contribution >= 0.6 is 15.9 Å². The Hall–Kier alpha value is -1.35. The maximum Gasteiger partial charge on any atom is 0.238 e. The predicted molar refractivity (Wildman–Crippen MR) is 77.5 cm³/mol. The molecular formula is C12H13BrN2O4S. The van der Waals surface area contributed by atoms with E-state index in [9.17, 15) is 8.42 Å². The number of nitrogens with one attached hydrogen (secondary N) is 1. The predicted octanol–water partition coefficient (Wildman–Crippen LogP) is 1.79. The standard InChI is InChI=1S/C12H13BrN2O4S/c13-11-5-10(20(14,17)18)3-4-12(11)15-6-8-1-2-9(7-16)19-8/h1-5,15-16H,6-7H2,(H2,14,17,18). The number of hydrogen-bond acceptors (Lipinski definition) is 5. The quantitative estimate of drug-likeness (QED) is 0.753. The molecule has 1 aromatic carbocycles. The molecule has 0 spiro atoms. The van der Waals surface area contributed by atoms with Crippen LogP contribution in [0.1, 0.15) is 11.5 Å². The highest BCUT2D eigenvalue weighted by Gasteiger charge is 2.10. The van der Waals surface area contributed by atoms with Crippen LogP contribution in [0.5, 0.6) is 0 Å². The van der Waals surface area contributed by atoms with Crippen molar-refractivity contribution in [2.45, 2.75) is 18.0 Å². The van der Waals surface area contributed by atoms with Gasteiger partial charge in [0, 0.05) is 10.2 Å². The smallest absolute Gasteiger partial charge is 0.238 e. The van der Waals surface area contributed by atoms with E-state index in [1.54, 1.807) is 18.2 Å². The average molecular weight is 361 g/mol. The highest BCUT2D eigenvalue weighted by Crippen LogP contribution is 2.26. The fraction of sp³-hybridized carbons (Fsp3) is 0.167. The van der Waals surface area contributed by atoms with Gasteiger partial charge in [0.1, 0.15) is 18.1 Å². The summed E-state index contributed by atoms with van der Waals surface area (Å²) in [5.41, 5.74) is 0.708. The fourth-order valence-corrected chi connectivity index (χ4v) is 2.81. The first kappa shape index (κ1) is 15.0. The first-order valence-electron chi connectivity index (χ1n) is 5.65. The zero-order chi connectivity index (χ0) is 14.8. The van der Waals surface area contributed by atoms with E-state index in [0.29, 0.717) is 28.2 Å². The Morgan fingerprint density at radius 2 is 1.95 bits per heavy atom. The van der Waals surface area contributed by atoms with Gasteiger partial charge in [-0.1, -0.05) is 0 Å². The molecule has 0 bridgehead atoms. The highest BCUT2D eigenvalue weighted by atomic mass is 79.9. The molecule has 0 atom stereocenters. The summed E-state index contributed by atoms with van der Waals surface area (Å²) in [6, 6.07) is 7.91. The van der Waals surface area contributed by atoms with Gasteiger partial charge < -0.3 is 14.8 Å². The Bertz CT molecular complexity index is 712. The summed E-state index contributed by atoms with van der Waals surface area (Å²) in [6.45, 7) is 0.264. The number of furan rings is 1. The lowest BCUT2D eigenvalue weighted by Crippen LogP contribution is -2.12. The molecule has 1 aromatic heterocycles. The zero-order valence-electron chi connectivity index (χ0n) is 10.3.